The highest BCUT2D eigenvalue weighted by Crippen LogP contribution is 2.26. The summed E-state index contributed by atoms with van der Waals surface area (Å²) >= 11 is 0. The molecule has 0 saturated carbocycles. The van der Waals surface area contributed by atoms with Gasteiger partial charge in [0.2, 0.25) is 0 Å². The number of carbonyl (C=O) groups is 1. The molecule has 2 unspecified atom stereocenters. The van der Waals surface area contributed by atoms with Crippen LogP contribution in [0.5, 0.6) is 5.75 Å². The van der Waals surface area contributed by atoms with E-state index in [2.05, 4.69) is 5.32 Å². The molecule has 0 fully saturated rings. The molecule has 0 spiro atoms. The molecule has 4 nitrogen and oxygen atoms in total. The minimum Gasteiger partial charge on any atom is -0.481 e. The van der Waals surface area contributed by atoms with Crippen LogP contribution < -0.4 is 15.8 Å². The average Bonchev–Trinajstić information content (AvgIpc) is 2.35. The first-order valence-electron chi connectivity index (χ1n) is 6.76. The molecule has 2 atom stereocenters. The fraction of sp³-hybridized carbons (Fsp3) is 0.533. The third-order valence-electron chi connectivity index (χ3n) is 2.88. The zero-order valence-electron chi connectivity index (χ0n) is 12.2. The van der Waals surface area contributed by atoms with Gasteiger partial charge in [0.15, 0.2) is 6.10 Å². The van der Waals surface area contributed by atoms with E-state index in [9.17, 15) is 4.79 Å². The maximum Gasteiger partial charge on any atom is 0.260 e. The summed E-state index contributed by atoms with van der Waals surface area (Å²) in [5.41, 5.74) is 7.92. The number of nitrogens with two attached hydrogens (primary N) is 1. The molecule has 0 radical (unpaired) electrons. The second-order valence-corrected chi connectivity index (χ2v) is 4.88. The molecule has 1 aromatic rings. The molecule has 0 aromatic heterocycles. The highest BCUT2D eigenvalue weighted by molar-refractivity contribution is 5.80. The van der Waals surface area contributed by atoms with E-state index >= 15 is 0 Å². The zero-order valence-corrected chi connectivity index (χ0v) is 12.2. The first-order valence-corrected chi connectivity index (χ1v) is 6.76. The maximum absolute atomic E-state index is 11.8. The molecular formula is C15H24N2O2. The van der Waals surface area contributed by atoms with E-state index < -0.39 is 6.10 Å². The highest BCUT2D eigenvalue weighted by atomic mass is 16.5. The van der Waals surface area contributed by atoms with Crippen LogP contribution in [0.2, 0.25) is 0 Å². The Hall–Kier alpha value is -1.55. The van der Waals surface area contributed by atoms with Crippen molar-refractivity contribution in [1.82, 2.24) is 5.32 Å². The fourth-order valence-corrected chi connectivity index (χ4v) is 1.76. The van der Waals surface area contributed by atoms with Gasteiger partial charge >= 0.3 is 0 Å². The lowest BCUT2D eigenvalue weighted by molar-refractivity contribution is -0.127. The van der Waals surface area contributed by atoms with Crippen LogP contribution in [0.1, 0.15) is 44.4 Å². The number of nitrogens with one attached hydrogen (secondary N) is 1. The maximum atomic E-state index is 11.8. The van der Waals surface area contributed by atoms with E-state index in [-0.39, 0.29) is 11.9 Å². The monoisotopic (exact) mass is 264 g/mol. The molecule has 0 saturated heterocycles. The van der Waals surface area contributed by atoms with Crippen molar-refractivity contribution in [2.24, 2.45) is 5.73 Å². The van der Waals surface area contributed by atoms with E-state index in [4.69, 9.17) is 10.5 Å². The summed E-state index contributed by atoms with van der Waals surface area (Å²) in [4.78, 5) is 11.8. The lowest BCUT2D eigenvalue weighted by Gasteiger charge is -2.19. The van der Waals surface area contributed by atoms with Crippen molar-refractivity contribution in [3.05, 3.63) is 29.3 Å². The molecule has 0 aliphatic heterocycles. The van der Waals surface area contributed by atoms with Gasteiger partial charge in [0.1, 0.15) is 5.75 Å². The summed E-state index contributed by atoms with van der Waals surface area (Å²) in [7, 11) is 0. The van der Waals surface area contributed by atoms with Gasteiger partial charge in [0, 0.05) is 18.2 Å². The van der Waals surface area contributed by atoms with Crippen molar-refractivity contribution < 1.29 is 9.53 Å². The summed E-state index contributed by atoms with van der Waals surface area (Å²) in [6.45, 7) is 8.32. The number of hydrogen-bond donors (Lipinski definition) is 2. The van der Waals surface area contributed by atoms with E-state index in [1.165, 1.54) is 0 Å². The van der Waals surface area contributed by atoms with Crippen LogP contribution in [0, 0.1) is 6.92 Å². The van der Waals surface area contributed by atoms with Crippen molar-refractivity contribution in [2.75, 3.05) is 6.54 Å². The predicted molar refractivity (Wildman–Crippen MR) is 77.2 cm³/mol. The molecule has 1 rings (SSSR count). The lowest BCUT2D eigenvalue weighted by Crippen LogP contribution is -2.36. The minimum absolute atomic E-state index is 0.0982. The summed E-state index contributed by atoms with van der Waals surface area (Å²) in [5.74, 6) is 0.591. The Morgan fingerprint density at radius 3 is 2.68 bits per heavy atom. The molecule has 0 aliphatic rings. The van der Waals surface area contributed by atoms with Gasteiger partial charge in [-0.15, -0.1) is 0 Å². The van der Waals surface area contributed by atoms with E-state index in [0.29, 0.717) is 12.3 Å². The lowest BCUT2D eigenvalue weighted by atomic mass is 10.1. The van der Waals surface area contributed by atoms with Crippen molar-refractivity contribution in [2.45, 2.75) is 46.3 Å². The smallest absolute Gasteiger partial charge is 0.260 e. The Kier molecular flexibility index (Phi) is 5.83. The van der Waals surface area contributed by atoms with Crippen molar-refractivity contribution >= 4 is 5.91 Å². The Labute approximate surface area is 115 Å². The highest BCUT2D eigenvalue weighted by Gasteiger charge is 2.17. The van der Waals surface area contributed by atoms with Crippen molar-refractivity contribution in [1.29, 1.82) is 0 Å². The molecule has 106 valence electrons. The summed E-state index contributed by atoms with van der Waals surface area (Å²) < 4.78 is 5.75. The van der Waals surface area contributed by atoms with Crippen molar-refractivity contribution in [3.8, 4) is 5.75 Å². The first kappa shape index (κ1) is 15.5. The van der Waals surface area contributed by atoms with Crippen LogP contribution in [0.4, 0.5) is 0 Å². The van der Waals surface area contributed by atoms with Crippen LogP contribution in [0.15, 0.2) is 18.2 Å². The normalized spacial score (nSPS) is 13.7. The van der Waals surface area contributed by atoms with Crippen molar-refractivity contribution in [3.63, 3.8) is 0 Å². The topological polar surface area (TPSA) is 64.3 Å². The molecule has 1 aromatic carbocycles. The van der Waals surface area contributed by atoms with Gasteiger partial charge in [-0.1, -0.05) is 19.1 Å². The minimum atomic E-state index is -0.522. The van der Waals surface area contributed by atoms with Gasteiger partial charge in [-0.25, -0.2) is 0 Å². The SMILES string of the molecule is CCCNC(=O)C(C)Oc1cc(C)ccc1C(C)N. The molecule has 3 N–H and O–H groups in total. The Balaban J connectivity index is 2.80. The standard InChI is InChI=1S/C15H24N2O2/c1-5-8-17-15(18)12(4)19-14-9-10(2)6-7-13(14)11(3)16/h6-7,9,11-12H,5,8,16H2,1-4H3,(H,17,18). The Morgan fingerprint density at radius 1 is 1.42 bits per heavy atom. The number of rotatable bonds is 6. The molecule has 19 heavy (non-hydrogen) atoms. The molecular weight excluding hydrogens is 240 g/mol. The Bertz CT molecular complexity index is 430. The third kappa shape index (κ3) is 4.56. The molecule has 0 bridgehead atoms. The number of benzene rings is 1. The van der Waals surface area contributed by atoms with Crippen LogP contribution in [0.3, 0.4) is 0 Å². The molecule has 4 heteroatoms. The van der Waals surface area contributed by atoms with Gasteiger partial charge in [-0.3, -0.25) is 4.79 Å². The van der Waals surface area contributed by atoms with E-state index in [1.54, 1.807) is 6.92 Å². The quantitative estimate of drug-likeness (QED) is 0.828. The van der Waals surface area contributed by atoms with Crippen LogP contribution in [0.25, 0.3) is 0 Å². The van der Waals surface area contributed by atoms with Gasteiger partial charge in [0.05, 0.1) is 0 Å². The second kappa shape index (κ2) is 7.14. The number of ether oxygens (including phenoxy) is 1. The van der Waals surface area contributed by atoms with E-state index in [1.807, 2.05) is 39.0 Å². The predicted octanol–water partition coefficient (Wildman–Crippen LogP) is 2.31. The fourth-order valence-electron chi connectivity index (χ4n) is 1.76. The van der Waals surface area contributed by atoms with Gasteiger partial charge in [-0.2, -0.15) is 0 Å². The summed E-state index contributed by atoms with van der Waals surface area (Å²) in [6, 6.07) is 5.74. The molecule has 1 amide bonds. The van der Waals surface area contributed by atoms with Gasteiger partial charge < -0.3 is 15.8 Å². The van der Waals surface area contributed by atoms with Crippen LogP contribution >= 0.6 is 0 Å². The average molecular weight is 264 g/mol. The first-order chi connectivity index (χ1) is 8.95. The van der Waals surface area contributed by atoms with Crippen LogP contribution in [-0.2, 0) is 4.79 Å². The van der Waals surface area contributed by atoms with Crippen LogP contribution in [-0.4, -0.2) is 18.6 Å². The second-order valence-electron chi connectivity index (χ2n) is 4.88. The van der Waals surface area contributed by atoms with E-state index in [0.717, 1.165) is 17.5 Å². The van der Waals surface area contributed by atoms with Gasteiger partial charge in [-0.05, 0) is 38.8 Å². The number of aryl methyl sites for hydroxylation is 1. The number of amides is 1. The largest absolute Gasteiger partial charge is 0.481 e. The molecule has 0 aliphatic carbocycles. The third-order valence-corrected chi connectivity index (χ3v) is 2.88. The summed E-state index contributed by atoms with van der Waals surface area (Å²) in [6.07, 6.45) is 0.388. The number of carbonyl (C=O) groups excluding carboxylic acids is 1. The number of hydrogen-bond acceptors (Lipinski definition) is 3. The zero-order chi connectivity index (χ0) is 14.4. The van der Waals surface area contributed by atoms with Gasteiger partial charge in [0.25, 0.3) is 5.91 Å². The summed E-state index contributed by atoms with van der Waals surface area (Å²) in [5, 5.41) is 2.82. The Morgan fingerprint density at radius 2 is 2.11 bits per heavy atom. The molecule has 0 heterocycles.